The minimum Gasteiger partial charge on any atom is -0.355 e. The Bertz CT molecular complexity index is 489. The first-order chi connectivity index (χ1) is 10.9. The van der Waals surface area contributed by atoms with Crippen LogP contribution in [0.15, 0.2) is 0 Å². The van der Waals surface area contributed by atoms with Crippen LogP contribution in [0.5, 0.6) is 0 Å². The predicted molar refractivity (Wildman–Crippen MR) is 91.6 cm³/mol. The molecule has 0 radical (unpaired) electrons. The molecule has 0 bridgehead atoms. The fourth-order valence-electron chi connectivity index (χ4n) is 3.75. The zero-order valence-corrected chi connectivity index (χ0v) is 15.3. The number of carbonyl (C=O) groups excluding carboxylic acids is 1. The van der Waals surface area contributed by atoms with Crippen molar-refractivity contribution in [3.05, 3.63) is 0 Å². The molecular formula is C16H31N3O3S. The van der Waals surface area contributed by atoms with Crippen LogP contribution >= 0.6 is 0 Å². The molecule has 1 N–H and O–H groups in total. The number of sulfonamides is 1. The number of rotatable bonds is 7. The van der Waals surface area contributed by atoms with Gasteiger partial charge < -0.3 is 10.2 Å². The Morgan fingerprint density at radius 2 is 1.87 bits per heavy atom. The molecule has 23 heavy (non-hydrogen) atoms. The maximum absolute atomic E-state index is 12.2. The quantitative estimate of drug-likeness (QED) is 0.744. The first kappa shape index (κ1) is 18.7. The van der Waals surface area contributed by atoms with E-state index in [1.165, 1.54) is 19.1 Å². The molecule has 6 nitrogen and oxygen atoms in total. The van der Waals surface area contributed by atoms with Crippen molar-refractivity contribution in [2.24, 2.45) is 11.8 Å². The molecule has 0 aromatic heterocycles. The maximum Gasteiger partial charge on any atom is 0.220 e. The topological polar surface area (TPSA) is 69.7 Å². The molecule has 1 amide bonds. The van der Waals surface area contributed by atoms with Gasteiger partial charge >= 0.3 is 0 Å². The third-order valence-corrected chi connectivity index (χ3v) is 6.51. The van der Waals surface area contributed by atoms with Crippen molar-refractivity contribution in [1.82, 2.24) is 14.5 Å². The van der Waals surface area contributed by atoms with Gasteiger partial charge in [0.2, 0.25) is 15.9 Å². The van der Waals surface area contributed by atoms with Crippen LogP contribution in [0.1, 0.15) is 39.0 Å². The summed E-state index contributed by atoms with van der Waals surface area (Å²) in [6.07, 6.45) is 6.03. The van der Waals surface area contributed by atoms with E-state index in [0.29, 0.717) is 25.4 Å². The summed E-state index contributed by atoms with van der Waals surface area (Å²) in [5, 5.41) is 3.03. The molecule has 2 fully saturated rings. The number of hydrogen-bond donors (Lipinski definition) is 1. The molecule has 2 aliphatic heterocycles. The Labute approximate surface area is 140 Å². The van der Waals surface area contributed by atoms with E-state index in [1.54, 1.807) is 4.31 Å². The lowest BCUT2D eigenvalue weighted by Gasteiger charge is -2.36. The zero-order valence-electron chi connectivity index (χ0n) is 14.5. The molecule has 0 unspecified atom stereocenters. The number of likely N-dealkylation sites (tertiary alicyclic amines) is 1. The number of hydrogen-bond acceptors (Lipinski definition) is 4. The van der Waals surface area contributed by atoms with Crippen molar-refractivity contribution in [2.45, 2.75) is 39.0 Å². The molecule has 7 heteroatoms. The largest absolute Gasteiger partial charge is 0.355 e. The van der Waals surface area contributed by atoms with Crippen LogP contribution in [0, 0.1) is 11.8 Å². The van der Waals surface area contributed by atoms with Crippen LogP contribution in [0.2, 0.25) is 0 Å². The molecule has 0 spiro atoms. The summed E-state index contributed by atoms with van der Waals surface area (Å²) in [5.41, 5.74) is 0. The highest BCUT2D eigenvalue weighted by atomic mass is 32.2. The van der Waals surface area contributed by atoms with Gasteiger partial charge in [0.1, 0.15) is 0 Å². The van der Waals surface area contributed by atoms with Gasteiger partial charge in [0, 0.05) is 32.6 Å². The standard InChI is InChI=1S/C16H31N3O3S/c1-3-14-13-19(23(2,21)22)10-6-15(14)12-16(20)17-7-11-18-8-4-5-9-18/h14-15H,3-13H2,1-2H3,(H,17,20)/t14-,15-/m0/s1. The molecular weight excluding hydrogens is 314 g/mol. The minimum atomic E-state index is -3.12. The molecule has 2 rings (SSSR count). The Balaban J connectivity index is 1.74. The van der Waals surface area contributed by atoms with Crippen molar-refractivity contribution >= 4 is 15.9 Å². The Morgan fingerprint density at radius 1 is 1.17 bits per heavy atom. The third kappa shape index (κ3) is 5.72. The predicted octanol–water partition coefficient (Wildman–Crippen LogP) is 0.896. The van der Waals surface area contributed by atoms with Crippen LogP contribution < -0.4 is 5.32 Å². The van der Waals surface area contributed by atoms with E-state index >= 15 is 0 Å². The van der Waals surface area contributed by atoms with E-state index in [-0.39, 0.29) is 11.8 Å². The molecule has 0 aromatic carbocycles. The number of piperidine rings is 1. The van der Waals surface area contributed by atoms with Crippen LogP contribution in [-0.2, 0) is 14.8 Å². The molecule has 0 saturated carbocycles. The van der Waals surface area contributed by atoms with Gasteiger partial charge in [-0.05, 0) is 44.2 Å². The summed E-state index contributed by atoms with van der Waals surface area (Å²) in [5.74, 6) is 0.688. The van der Waals surface area contributed by atoms with Gasteiger partial charge in [0.25, 0.3) is 0 Å². The first-order valence-electron chi connectivity index (χ1n) is 8.84. The van der Waals surface area contributed by atoms with Crippen LogP contribution in [0.3, 0.4) is 0 Å². The number of nitrogens with one attached hydrogen (secondary N) is 1. The summed E-state index contributed by atoms with van der Waals surface area (Å²) in [6.45, 7) is 7.14. The van der Waals surface area contributed by atoms with Crippen molar-refractivity contribution < 1.29 is 13.2 Å². The highest BCUT2D eigenvalue weighted by molar-refractivity contribution is 7.88. The molecule has 2 atom stereocenters. The minimum absolute atomic E-state index is 0.112. The normalized spacial score (nSPS) is 27.2. The van der Waals surface area contributed by atoms with Crippen molar-refractivity contribution in [3.63, 3.8) is 0 Å². The average molecular weight is 346 g/mol. The maximum atomic E-state index is 12.2. The highest BCUT2D eigenvalue weighted by Gasteiger charge is 2.33. The Morgan fingerprint density at radius 3 is 2.48 bits per heavy atom. The average Bonchev–Trinajstić information content (AvgIpc) is 2.99. The fourth-order valence-corrected chi connectivity index (χ4v) is 4.65. The van der Waals surface area contributed by atoms with E-state index in [2.05, 4.69) is 17.1 Å². The summed E-state index contributed by atoms with van der Waals surface area (Å²) < 4.78 is 24.9. The number of nitrogens with zero attached hydrogens (tertiary/aromatic N) is 2. The Kier molecular flexibility index (Phi) is 6.85. The number of amides is 1. The summed E-state index contributed by atoms with van der Waals surface area (Å²) >= 11 is 0. The zero-order chi connectivity index (χ0) is 16.9. The second-order valence-electron chi connectivity index (χ2n) is 6.94. The van der Waals surface area contributed by atoms with E-state index < -0.39 is 10.0 Å². The molecule has 2 saturated heterocycles. The van der Waals surface area contributed by atoms with Gasteiger partial charge in [0.15, 0.2) is 0 Å². The van der Waals surface area contributed by atoms with E-state index in [1.807, 2.05) is 0 Å². The second kappa shape index (κ2) is 8.44. The molecule has 0 aromatic rings. The van der Waals surface area contributed by atoms with Gasteiger partial charge in [-0.1, -0.05) is 13.3 Å². The second-order valence-corrected chi connectivity index (χ2v) is 8.92. The molecule has 2 aliphatic rings. The Hall–Kier alpha value is -0.660. The van der Waals surface area contributed by atoms with E-state index in [4.69, 9.17) is 0 Å². The summed E-state index contributed by atoms with van der Waals surface area (Å²) in [6, 6.07) is 0. The lowest BCUT2D eigenvalue weighted by atomic mass is 9.82. The fraction of sp³-hybridized carbons (Fsp3) is 0.938. The van der Waals surface area contributed by atoms with E-state index in [9.17, 15) is 13.2 Å². The summed E-state index contributed by atoms with van der Waals surface area (Å²) in [7, 11) is -3.12. The molecule has 0 aliphatic carbocycles. The molecule has 2 heterocycles. The van der Waals surface area contributed by atoms with Crippen LogP contribution in [0.4, 0.5) is 0 Å². The SMILES string of the molecule is CC[C@H]1CN(S(C)(=O)=O)CC[C@H]1CC(=O)NCCN1CCCC1. The first-order valence-corrected chi connectivity index (χ1v) is 10.7. The van der Waals surface area contributed by atoms with Gasteiger partial charge in [-0.15, -0.1) is 0 Å². The van der Waals surface area contributed by atoms with Gasteiger partial charge in [-0.2, -0.15) is 0 Å². The monoisotopic (exact) mass is 345 g/mol. The summed E-state index contributed by atoms with van der Waals surface area (Å²) in [4.78, 5) is 14.6. The molecule has 134 valence electrons. The number of carbonyl (C=O) groups is 1. The van der Waals surface area contributed by atoms with Crippen molar-refractivity contribution in [2.75, 3.05) is 45.5 Å². The highest BCUT2D eigenvalue weighted by Crippen LogP contribution is 2.29. The van der Waals surface area contributed by atoms with Gasteiger partial charge in [0.05, 0.1) is 6.26 Å². The van der Waals surface area contributed by atoms with Gasteiger partial charge in [-0.3, -0.25) is 4.79 Å². The van der Waals surface area contributed by atoms with Crippen molar-refractivity contribution in [3.8, 4) is 0 Å². The van der Waals surface area contributed by atoms with E-state index in [0.717, 1.165) is 39.0 Å². The lowest BCUT2D eigenvalue weighted by Crippen LogP contribution is -2.44. The lowest BCUT2D eigenvalue weighted by molar-refractivity contribution is -0.122. The van der Waals surface area contributed by atoms with Gasteiger partial charge in [-0.25, -0.2) is 12.7 Å². The van der Waals surface area contributed by atoms with Crippen molar-refractivity contribution in [1.29, 1.82) is 0 Å². The smallest absolute Gasteiger partial charge is 0.220 e. The van der Waals surface area contributed by atoms with Crippen LogP contribution in [-0.4, -0.2) is 69.1 Å². The van der Waals surface area contributed by atoms with Crippen LogP contribution in [0.25, 0.3) is 0 Å². The third-order valence-electron chi connectivity index (χ3n) is 5.24.